The molecule has 0 amide bonds. The van der Waals surface area contributed by atoms with Crippen molar-refractivity contribution in [2.75, 3.05) is 0 Å². The fourth-order valence-electron chi connectivity index (χ4n) is 7.58. The molecule has 0 aromatic rings. The van der Waals surface area contributed by atoms with Gasteiger partial charge in [0.15, 0.2) is 0 Å². The van der Waals surface area contributed by atoms with Crippen molar-refractivity contribution in [1.29, 1.82) is 0 Å². The molecular formula is C22H38SiSn. The third-order valence-corrected chi connectivity index (χ3v) is 17.1. The first kappa shape index (κ1) is 18.0. The second-order valence-electron chi connectivity index (χ2n) is 11.8. The van der Waals surface area contributed by atoms with Gasteiger partial charge in [-0.3, -0.25) is 0 Å². The van der Waals surface area contributed by atoms with Gasteiger partial charge in [0.25, 0.3) is 0 Å². The van der Waals surface area contributed by atoms with Crippen LogP contribution in [0.3, 0.4) is 0 Å². The summed E-state index contributed by atoms with van der Waals surface area (Å²) in [6.07, 6.45) is 9.32. The average Bonchev–Trinajstić information content (AvgIpc) is 3.20. The zero-order valence-electron chi connectivity index (χ0n) is 16.9. The summed E-state index contributed by atoms with van der Waals surface area (Å²) in [6, 6.07) is 0. The van der Waals surface area contributed by atoms with Gasteiger partial charge >= 0.3 is 156 Å². The number of hydrogen-bond acceptors (Lipinski definition) is 0. The minimum atomic E-state index is -1.86. The van der Waals surface area contributed by atoms with Crippen LogP contribution in [0.25, 0.3) is 0 Å². The van der Waals surface area contributed by atoms with Crippen molar-refractivity contribution in [3.05, 3.63) is 0 Å². The summed E-state index contributed by atoms with van der Waals surface area (Å²) in [6.45, 7) is 7.27. The van der Waals surface area contributed by atoms with E-state index < -0.39 is 26.5 Å². The van der Waals surface area contributed by atoms with Crippen molar-refractivity contribution >= 4 is 26.5 Å². The Labute approximate surface area is 155 Å². The van der Waals surface area contributed by atoms with Crippen LogP contribution >= 0.6 is 0 Å². The molecule has 0 radical (unpaired) electrons. The van der Waals surface area contributed by atoms with Crippen LogP contribution in [0.1, 0.15) is 38.5 Å². The summed E-state index contributed by atoms with van der Waals surface area (Å²) in [5.41, 5.74) is 3.81. The van der Waals surface area contributed by atoms with E-state index in [1.54, 1.807) is 25.7 Å². The van der Waals surface area contributed by atoms with Crippen molar-refractivity contribution in [2.24, 2.45) is 41.4 Å². The molecule has 0 aromatic carbocycles. The molecule has 0 unspecified atom stereocenters. The van der Waals surface area contributed by atoms with Gasteiger partial charge < -0.3 is 0 Å². The zero-order chi connectivity index (χ0) is 17.3. The molecule has 4 saturated carbocycles. The molecule has 0 heterocycles. The molecule has 0 aliphatic heterocycles. The molecule has 24 heavy (non-hydrogen) atoms. The fraction of sp³-hybridized carbons (Fsp3) is 0.909. The van der Waals surface area contributed by atoms with Gasteiger partial charge in [0.05, 0.1) is 0 Å². The SMILES string of the molecule is C[Si](C)(C)C#C[C@@H]1[C@H]2CC[C@H](C2)[C@@H]1[C@H]1[C@@H]2CC[C@@H](C2)[C@H]1[Sn]([CH3])([CH3])[CH3]. The Bertz CT molecular complexity index is 557. The van der Waals surface area contributed by atoms with E-state index in [2.05, 4.69) is 45.9 Å². The average molecular weight is 449 g/mol. The predicted octanol–water partition coefficient (Wildman–Crippen LogP) is 6.28. The molecule has 4 aliphatic carbocycles. The fourth-order valence-corrected chi connectivity index (χ4v) is 17.8. The molecule has 4 rings (SSSR count). The summed E-state index contributed by atoms with van der Waals surface area (Å²) < 4.78 is 1.18. The normalized spacial score (nSPS) is 47.1. The van der Waals surface area contributed by atoms with E-state index in [1.807, 2.05) is 0 Å². The quantitative estimate of drug-likeness (QED) is 0.344. The number of rotatable bonds is 2. The number of hydrogen-bond donors (Lipinski definition) is 0. The van der Waals surface area contributed by atoms with Crippen LogP contribution in [0.2, 0.25) is 38.4 Å². The Morgan fingerprint density at radius 1 is 0.750 bits per heavy atom. The molecule has 4 aliphatic rings. The summed E-state index contributed by atoms with van der Waals surface area (Å²) >= 11 is -1.86. The molecule has 0 nitrogen and oxygen atoms in total. The Hall–Kier alpha value is 0.576. The summed E-state index contributed by atoms with van der Waals surface area (Å²) in [5, 5.41) is 0. The molecule has 0 N–H and O–H groups in total. The monoisotopic (exact) mass is 450 g/mol. The number of fused-ring (bicyclic) bond motifs is 4. The molecule has 0 saturated heterocycles. The molecule has 0 aromatic heterocycles. The second-order valence-corrected chi connectivity index (χ2v) is 31.9. The van der Waals surface area contributed by atoms with Gasteiger partial charge in [-0.25, -0.2) is 0 Å². The third-order valence-electron chi connectivity index (χ3n) is 8.02. The van der Waals surface area contributed by atoms with Gasteiger partial charge in [-0.1, -0.05) is 0 Å². The van der Waals surface area contributed by atoms with Gasteiger partial charge in [-0.15, -0.1) is 0 Å². The van der Waals surface area contributed by atoms with Crippen LogP contribution in [-0.4, -0.2) is 26.5 Å². The summed E-state index contributed by atoms with van der Waals surface area (Å²) in [4.78, 5) is 8.22. The van der Waals surface area contributed by atoms with E-state index >= 15 is 0 Å². The Morgan fingerprint density at radius 3 is 1.92 bits per heavy atom. The standard InChI is InChI=1S/C19H29Si.3CH3.Sn/c1-20(2,3)9-8-17-15-6-7-16(12-15)19(17)18-11-13-4-5-14(18)10-13;;;;/h11,13-19H,4-7,10,12H2,1-3H3;3*1H3;/t13-,14+,15-,16+,17+,18+,19-;;;;/m0..../s1. The molecule has 4 fully saturated rings. The molecule has 8 atom stereocenters. The zero-order valence-corrected chi connectivity index (χ0v) is 20.7. The molecule has 4 bridgehead atoms. The first-order chi connectivity index (χ1) is 11.1. The molecule has 0 spiro atoms. The van der Waals surface area contributed by atoms with Crippen molar-refractivity contribution in [2.45, 2.75) is 76.9 Å². The third kappa shape index (κ3) is 3.06. The van der Waals surface area contributed by atoms with Crippen LogP contribution < -0.4 is 0 Å². The van der Waals surface area contributed by atoms with Crippen molar-refractivity contribution in [3.63, 3.8) is 0 Å². The maximum absolute atomic E-state index is 3.95. The Morgan fingerprint density at radius 2 is 1.29 bits per heavy atom. The second kappa shape index (κ2) is 6.05. The summed E-state index contributed by atoms with van der Waals surface area (Å²) in [7, 11) is -1.24. The van der Waals surface area contributed by atoms with E-state index in [-0.39, 0.29) is 0 Å². The Balaban J connectivity index is 1.66. The molecule has 134 valence electrons. The van der Waals surface area contributed by atoms with Crippen molar-refractivity contribution < 1.29 is 0 Å². The Kier molecular flexibility index (Phi) is 4.53. The minimum absolute atomic E-state index is 0.788. The van der Waals surface area contributed by atoms with E-state index in [0.29, 0.717) is 0 Å². The van der Waals surface area contributed by atoms with Crippen LogP contribution in [-0.2, 0) is 0 Å². The van der Waals surface area contributed by atoms with E-state index in [1.165, 1.54) is 16.8 Å². The maximum atomic E-state index is 3.95. The first-order valence-corrected chi connectivity index (χ1v) is 24.4. The van der Waals surface area contributed by atoms with E-state index in [9.17, 15) is 0 Å². The van der Waals surface area contributed by atoms with E-state index in [0.717, 1.165) is 41.4 Å². The summed E-state index contributed by atoms with van der Waals surface area (Å²) in [5.74, 6) is 11.1. The van der Waals surface area contributed by atoms with Gasteiger partial charge in [-0.2, -0.15) is 0 Å². The van der Waals surface area contributed by atoms with Gasteiger partial charge in [0.2, 0.25) is 0 Å². The van der Waals surface area contributed by atoms with Crippen LogP contribution in [0.5, 0.6) is 0 Å². The van der Waals surface area contributed by atoms with Gasteiger partial charge in [0, 0.05) is 0 Å². The molecular weight excluding hydrogens is 411 g/mol. The van der Waals surface area contributed by atoms with E-state index in [4.69, 9.17) is 0 Å². The topological polar surface area (TPSA) is 0 Å². The van der Waals surface area contributed by atoms with Crippen LogP contribution in [0, 0.1) is 52.9 Å². The predicted molar refractivity (Wildman–Crippen MR) is 110 cm³/mol. The van der Waals surface area contributed by atoms with Gasteiger partial charge in [0.1, 0.15) is 0 Å². The van der Waals surface area contributed by atoms with Crippen molar-refractivity contribution in [3.8, 4) is 11.5 Å². The first-order valence-electron chi connectivity index (χ1n) is 10.7. The van der Waals surface area contributed by atoms with Crippen molar-refractivity contribution in [1.82, 2.24) is 0 Å². The van der Waals surface area contributed by atoms with Gasteiger partial charge in [-0.05, 0) is 0 Å². The van der Waals surface area contributed by atoms with Crippen LogP contribution in [0.4, 0.5) is 0 Å². The van der Waals surface area contributed by atoms with Crippen LogP contribution in [0.15, 0.2) is 0 Å². The molecule has 2 heteroatoms.